The van der Waals surface area contributed by atoms with E-state index in [-0.39, 0.29) is 18.3 Å². The summed E-state index contributed by atoms with van der Waals surface area (Å²) < 4.78 is 13.7. The van der Waals surface area contributed by atoms with Gasteiger partial charge in [-0.2, -0.15) is 0 Å². The van der Waals surface area contributed by atoms with Crippen molar-refractivity contribution in [3.8, 4) is 5.75 Å². The minimum absolute atomic E-state index is 0.224. The van der Waals surface area contributed by atoms with Crippen LogP contribution in [0, 0.1) is 13.8 Å². The third-order valence-corrected chi connectivity index (χ3v) is 6.01. The Labute approximate surface area is 200 Å². The van der Waals surface area contributed by atoms with E-state index in [1.54, 1.807) is 12.1 Å². The Morgan fingerprint density at radius 3 is 2.68 bits per heavy atom. The van der Waals surface area contributed by atoms with Gasteiger partial charge < -0.3 is 18.6 Å². The largest absolute Gasteiger partial charge is 0.485 e. The highest BCUT2D eigenvalue weighted by Crippen LogP contribution is 2.23. The van der Waals surface area contributed by atoms with Gasteiger partial charge in [0, 0.05) is 13.1 Å². The Morgan fingerprint density at radius 1 is 1.09 bits per heavy atom. The molecule has 0 spiro atoms. The van der Waals surface area contributed by atoms with Crippen molar-refractivity contribution in [3.05, 3.63) is 77.2 Å². The molecule has 0 unspecified atom stereocenters. The molecular weight excluding hydrogens is 428 g/mol. The number of carbonyl (C=O) groups excluding carboxylic acids is 1. The summed E-state index contributed by atoms with van der Waals surface area (Å²) in [7, 11) is 0. The molecule has 0 radical (unpaired) electrons. The summed E-state index contributed by atoms with van der Waals surface area (Å²) in [5.41, 5.74) is 4.02. The maximum atomic E-state index is 13.0. The Kier molecular flexibility index (Phi) is 7.33. The van der Waals surface area contributed by atoms with Crippen LogP contribution in [0.1, 0.15) is 41.3 Å². The molecule has 0 fully saturated rings. The number of hydrogen-bond donors (Lipinski definition) is 1. The third kappa shape index (κ3) is 5.31. The summed E-state index contributed by atoms with van der Waals surface area (Å²) >= 11 is 0. The van der Waals surface area contributed by atoms with Gasteiger partial charge in [0.25, 0.3) is 5.91 Å². The molecule has 0 saturated carbocycles. The van der Waals surface area contributed by atoms with Gasteiger partial charge in [-0.15, -0.1) is 0 Å². The van der Waals surface area contributed by atoms with Gasteiger partial charge >= 0.3 is 0 Å². The quantitative estimate of drug-likeness (QED) is 0.342. The van der Waals surface area contributed by atoms with Crippen LogP contribution in [0.2, 0.25) is 0 Å². The van der Waals surface area contributed by atoms with Crippen LogP contribution in [0.5, 0.6) is 5.75 Å². The molecule has 1 N–H and O–H groups in total. The van der Waals surface area contributed by atoms with Gasteiger partial charge in [0.05, 0.1) is 11.0 Å². The average Bonchev–Trinajstić information content (AvgIpc) is 3.45. The first-order valence-electron chi connectivity index (χ1n) is 11.8. The monoisotopic (exact) mass is 460 g/mol. The number of benzene rings is 2. The first kappa shape index (κ1) is 23.6. The predicted octanol–water partition coefficient (Wildman–Crippen LogP) is 5.42. The molecule has 4 aromatic rings. The molecule has 7 nitrogen and oxygen atoms in total. The number of carbonyl (C=O) groups is 1. The fraction of sp³-hybridized carbons (Fsp3) is 0.333. The molecule has 0 bridgehead atoms. The number of ether oxygens (including phenoxy) is 1. The van der Waals surface area contributed by atoms with Crippen molar-refractivity contribution < 1.29 is 13.9 Å². The van der Waals surface area contributed by atoms with E-state index in [9.17, 15) is 4.79 Å². The van der Waals surface area contributed by atoms with Crippen molar-refractivity contribution in [2.24, 2.45) is 0 Å². The van der Waals surface area contributed by atoms with E-state index in [2.05, 4.69) is 33.6 Å². The van der Waals surface area contributed by atoms with Crippen LogP contribution in [0.4, 0.5) is 5.95 Å². The number of nitrogens with one attached hydrogen (secondary N) is 1. The van der Waals surface area contributed by atoms with E-state index in [0.29, 0.717) is 11.7 Å². The zero-order chi connectivity index (χ0) is 24.1. The minimum Gasteiger partial charge on any atom is -0.485 e. The molecule has 2 heterocycles. The highest BCUT2D eigenvalue weighted by molar-refractivity contribution is 6.02. The van der Waals surface area contributed by atoms with Gasteiger partial charge in [0.1, 0.15) is 18.1 Å². The molecule has 2 aromatic carbocycles. The minimum atomic E-state index is -0.336. The highest BCUT2D eigenvalue weighted by Gasteiger charge is 2.17. The highest BCUT2D eigenvalue weighted by atomic mass is 16.5. The Bertz CT molecular complexity index is 1270. The molecule has 4 rings (SSSR count). The molecule has 34 heavy (non-hydrogen) atoms. The van der Waals surface area contributed by atoms with E-state index < -0.39 is 0 Å². The normalized spacial score (nSPS) is 11.3. The second-order valence-electron chi connectivity index (χ2n) is 8.38. The van der Waals surface area contributed by atoms with Crippen molar-refractivity contribution in [1.82, 2.24) is 14.5 Å². The number of aromatic nitrogens is 2. The van der Waals surface area contributed by atoms with E-state index >= 15 is 0 Å². The van der Waals surface area contributed by atoms with Gasteiger partial charge in [-0.05, 0) is 68.4 Å². The second kappa shape index (κ2) is 10.6. The summed E-state index contributed by atoms with van der Waals surface area (Å²) in [5, 5.41) is 2.94. The van der Waals surface area contributed by atoms with Crippen LogP contribution < -0.4 is 10.1 Å². The number of furan rings is 1. The van der Waals surface area contributed by atoms with Crippen molar-refractivity contribution in [3.63, 3.8) is 0 Å². The average molecular weight is 461 g/mol. The lowest BCUT2D eigenvalue weighted by Gasteiger charge is -2.19. The van der Waals surface area contributed by atoms with E-state index in [1.807, 2.05) is 56.3 Å². The molecule has 178 valence electrons. The molecule has 0 saturated heterocycles. The number of aryl methyl sites for hydroxylation is 2. The standard InChI is InChI=1S/C27H32N4O3/c1-5-30(6-2)15-16-31-23-10-8-7-9-22(23)28-27(31)29-26(32)24-14-13-21(34-24)18-33-25-17-19(3)11-12-20(25)4/h7-14,17H,5-6,15-16,18H2,1-4H3,(H,28,29,32). The maximum absolute atomic E-state index is 13.0. The van der Waals surface area contributed by atoms with Crippen LogP contribution in [0.25, 0.3) is 11.0 Å². The summed E-state index contributed by atoms with van der Waals surface area (Å²) in [6.45, 7) is 12.1. The van der Waals surface area contributed by atoms with Crippen molar-refractivity contribution in [2.45, 2.75) is 40.8 Å². The van der Waals surface area contributed by atoms with Crippen LogP contribution in [0.3, 0.4) is 0 Å². The van der Waals surface area contributed by atoms with Crippen molar-refractivity contribution in [1.29, 1.82) is 0 Å². The summed E-state index contributed by atoms with van der Waals surface area (Å²) in [6, 6.07) is 17.4. The van der Waals surface area contributed by atoms with Gasteiger partial charge in [-0.25, -0.2) is 4.98 Å². The van der Waals surface area contributed by atoms with Crippen molar-refractivity contribution in [2.75, 3.05) is 25.0 Å². The van der Waals surface area contributed by atoms with Gasteiger partial charge in [-0.3, -0.25) is 10.1 Å². The topological polar surface area (TPSA) is 72.5 Å². The fourth-order valence-corrected chi connectivity index (χ4v) is 3.93. The molecule has 0 aliphatic carbocycles. The molecule has 0 atom stereocenters. The van der Waals surface area contributed by atoms with E-state index in [1.165, 1.54) is 0 Å². The Balaban J connectivity index is 1.47. The lowest BCUT2D eigenvalue weighted by Crippen LogP contribution is -2.27. The number of hydrogen-bond acceptors (Lipinski definition) is 5. The summed E-state index contributed by atoms with van der Waals surface area (Å²) in [5.74, 6) is 1.80. The first-order chi connectivity index (χ1) is 16.5. The number of anilines is 1. The second-order valence-corrected chi connectivity index (χ2v) is 8.38. The SMILES string of the molecule is CCN(CC)CCn1c(NC(=O)c2ccc(COc3cc(C)ccc3C)o2)nc2ccccc21. The van der Waals surface area contributed by atoms with E-state index in [4.69, 9.17) is 9.15 Å². The molecule has 0 aliphatic rings. The molecule has 0 aliphatic heterocycles. The number of rotatable bonds is 10. The number of imidazole rings is 1. The fourth-order valence-electron chi connectivity index (χ4n) is 3.93. The molecule has 1 amide bonds. The predicted molar refractivity (Wildman–Crippen MR) is 134 cm³/mol. The van der Waals surface area contributed by atoms with Crippen molar-refractivity contribution >= 4 is 22.9 Å². The smallest absolute Gasteiger partial charge is 0.293 e. The first-order valence-corrected chi connectivity index (χ1v) is 11.8. The molecular formula is C27H32N4O3. The number of likely N-dealkylation sites (N-methyl/N-ethyl adjacent to an activating group) is 1. The van der Waals surface area contributed by atoms with Crippen LogP contribution in [-0.2, 0) is 13.2 Å². The number of nitrogens with zero attached hydrogens (tertiary/aromatic N) is 3. The zero-order valence-corrected chi connectivity index (χ0v) is 20.3. The van der Waals surface area contributed by atoms with Crippen LogP contribution in [0.15, 0.2) is 59.0 Å². The van der Waals surface area contributed by atoms with Gasteiger partial charge in [0.2, 0.25) is 5.95 Å². The van der Waals surface area contributed by atoms with E-state index in [0.717, 1.165) is 54.1 Å². The van der Waals surface area contributed by atoms with Crippen LogP contribution in [-0.4, -0.2) is 40.0 Å². The lowest BCUT2D eigenvalue weighted by atomic mass is 10.1. The number of amides is 1. The number of fused-ring (bicyclic) bond motifs is 1. The lowest BCUT2D eigenvalue weighted by molar-refractivity contribution is 0.0991. The maximum Gasteiger partial charge on any atom is 0.293 e. The van der Waals surface area contributed by atoms with Gasteiger partial charge in [0.15, 0.2) is 5.76 Å². The zero-order valence-electron chi connectivity index (χ0n) is 20.3. The van der Waals surface area contributed by atoms with Crippen LogP contribution >= 0.6 is 0 Å². The third-order valence-electron chi connectivity index (χ3n) is 6.01. The number of para-hydroxylation sites is 2. The Hall–Kier alpha value is -3.58. The molecule has 7 heteroatoms. The molecule has 2 aromatic heterocycles. The summed E-state index contributed by atoms with van der Waals surface area (Å²) in [6.07, 6.45) is 0. The van der Waals surface area contributed by atoms with Gasteiger partial charge in [-0.1, -0.05) is 38.1 Å². The summed E-state index contributed by atoms with van der Waals surface area (Å²) in [4.78, 5) is 20.0. The Morgan fingerprint density at radius 2 is 1.88 bits per heavy atom.